The van der Waals surface area contributed by atoms with Crippen LogP contribution in [0.3, 0.4) is 0 Å². The zero-order valence-electron chi connectivity index (χ0n) is 34.6. The third kappa shape index (κ3) is 5.85. The molecule has 0 radical (unpaired) electrons. The maximum absolute atomic E-state index is 2.66. The van der Waals surface area contributed by atoms with Gasteiger partial charge in [-0.15, -0.1) is 0 Å². The summed E-state index contributed by atoms with van der Waals surface area (Å²) in [6.45, 7) is 0. The van der Waals surface area contributed by atoms with Gasteiger partial charge in [-0.2, -0.15) is 0 Å². The number of hydrogen-bond donors (Lipinski definition) is 0. The van der Waals surface area contributed by atoms with Crippen LogP contribution in [-0.2, 0) is 0 Å². The Morgan fingerprint density at radius 3 is 1.37 bits per heavy atom. The van der Waals surface area contributed by atoms with Crippen LogP contribution in [-0.4, -0.2) is 17.2 Å². The number of hydrogen-bond acceptors (Lipinski definition) is 0. The monoisotopic (exact) mass is 818 g/mol. The van der Waals surface area contributed by atoms with E-state index in [-0.39, 0.29) is 0 Å². The van der Waals surface area contributed by atoms with E-state index in [1.807, 2.05) is 0 Å². The predicted molar refractivity (Wildman–Crippen MR) is 270 cm³/mol. The molecule has 0 N–H and O–H groups in total. The number of fused-ring (bicyclic) bond motifs is 6. The van der Waals surface area contributed by atoms with Crippen molar-refractivity contribution < 1.29 is 0 Å². The van der Waals surface area contributed by atoms with Gasteiger partial charge in [0.05, 0.1) is 27.8 Å². The summed E-state index contributed by atoms with van der Waals surface area (Å²) in [6.07, 6.45) is 0. The molecule has 2 heterocycles. The molecule has 0 aliphatic heterocycles. The minimum atomic E-state index is -2.66. The Morgan fingerprint density at radius 2 is 0.730 bits per heavy atom. The van der Waals surface area contributed by atoms with Crippen LogP contribution in [0, 0.1) is 0 Å². The second kappa shape index (κ2) is 15.2. The van der Waals surface area contributed by atoms with Crippen molar-refractivity contribution in [2.45, 2.75) is 0 Å². The molecule has 0 amide bonds. The van der Waals surface area contributed by atoms with Gasteiger partial charge < -0.3 is 9.13 Å². The second-order valence-corrected chi connectivity index (χ2v) is 20.2. The van der Waals surface area contributed by atoms with Crippen molar-refractivity contribution >= 4 is 72.4 Å². The van der Waals surface area contributed by atoms with Crippen molar-refractivity contribution in [1.29, 1.82) is 0 Å². The molecule has 2 aromatic heterocycles. The molecule has 296 valence electrons. The van der Waals surface area contributed by atoms with Gasteiger partial charge in [-0.3, -0.25) is 0 Å². The Morgan fingerprint density at radius 1 is 0.270 bits per heavy atom. The molecule has 0 spiro atoms. The molecule has 0 saturated carbocycles. The van der Waals surface area contributed by atoms with Crippen LogP contribution in [0.4, 0.5) is 0 Å². The lowest BCUT2D eigenvalue weighted by molar-refractivity contribution is 1.18. The van der Waals surface area contributed by atoms with E-state index in [1.165, 1.54) is 92.3 Å². The van der Waals surface area contributed by atoms with Crippen LogP contribution in [0.5, 0.6) is 0 Å². The summed E-state index contributed by atoms with van der Waals surface area (Å²) >= 11 is 0. The Kier molecular flexibility index (Phi) is 8.87. The molecular formula is C60H42N2Si. The number of nitrogens with zero attached hydrogens (tertiary/aromatic N) is 2. The first-order valence-corrected chi connectivity index (χ1v) is 23.8. The van der Waals surface area contributed by atoms with E-state index >= 15 is 0 Å². The highest BCUT2D eigenvalue weighted by Gasteiger charge is 2.41. The third-order valence-corrected chi connectivity index (χ3v) is 17.9. The third-order valence-electron chi connectivity index (χ3n) is 13.1. The summed E-state index contributed by atoms with van der Waals surface area (Å²) in [5.74, 6) is 0. The van der Waals surface area contributed by atoms with Gasteiger partial charge in [0.25, 0.3) is 0 Å². The van der Waals surface area contributed by atoms with Crippen molar-refractivity contribution in [3.05, 3.63) is 255 Å². The summed E-state index contributed by atoms with van der Waals surface area (Å²) in [7, 11) is -2.66. The highest BCUT2D eigenvalue weighted by Crippen LogP contribution is 2.42. The van der Waals surface area contributed by atoms with E-state index in [9.17, 15) is 0 Å². The molecule has 0 atom stereocenters. The molecule has 0 unspecified atom stereocenters. The quantitative estimate of drug-likeness (QED) is 0.107. The van der Waals surface area contributed by atoms with Crippen molar-refractivity contribution in [1.82, 2.24) is 9.13 Å². The predicted octanol–water partition coefficient (Wildman–Crippen LogP) is 12.6. The van der Waals surface area contributed by atoms with E-state index in [4.69, 9.17) is 0 Å². The fourth-order valence-electron chi connectivity index (χ4n) is 10.4. The molecule has 0 saturated heterocycles. The molecule has 2 nitrogen and oxygen atoms in total. The van der Waals surface area contributed by atoms with Crippen LogP contribution >= 0.6 is 0 Å². The molecule has 0 fully saturated rings. The molecule has 0 aliphatic carbocycles. The first-order valence-electron chi connectivity index (χ1n) is 21.8. The maximum atomic E-state index is 2.49. The normalized spacial score (nSPS) is 11.8. The summed E-state index contributed by atoms with van der Waals surface area (Å²) in [4.78, 5) is 0. The van der Waals surface area contributed by atoms with Crippen LogP contribution in [0.2, 0.25) is 0 Å². The van der Waals surface area contributed by atoms with E-state index in [0.717, 1.165) is 5.69 Å². The fraction of sp³-hybridized carbons (Fsp3) is 0. The molecule has 0 bridgehead atoms. The SMILES string of the molecule is c1ccc(-c2ccccc2-n2c3ccccc3c3cccc(-c4ccc5c(c4)c4ccccc4n5-c4ccc([Si](c5ccccc5)(c5ccccc5)c5ccccc5)cc4)c32)cc1. The van der Waals surface area contributed by atoms with E-state index in [2.05, 4.69) is 264 Å². The molecule has 3 heteroatoms. The van der Waals surface area contributed by atoms with Crippen LogP contribution < -0.4 is 20.7 Å². The maximum Gasteiger partial charge on any atom is 0.179 e. The Balaban J connectivity index is 1.05. The van der Waals surface area contributed by atoms with Gasteiger partial charge >= 0.3 is 0 Å². The average molecular weight is 819 g/mol. The highest BCUT2D eigenvalue weighted by atomic mass is 28.3. The summed E-state index contributed by atoms with van der Waals surface area (Å²) < 4.78 is 4.93. The van der Waals surface area contributed by atoms with E-state index in [1.54, 1.807) is 0 Å². The number of aromatic nitrogens is 2. The lowest BCUT2D eigenvalue weighted by Gasteiger charge is -2.34. The summed E-state index contributed by atoms with van der Waals surface area (Å²) in [5.41, 5.74) is 11.9. The summed E-state index contributed by atoms with van der Waals surface area (Å²) in [5, 5.41) is 10.4. The first-order chi connectivity index (χ1) is 31.3. The van der Waals surface area contributed by atoms with Gasteiger partial charge in [0.2, 0.25) is 0 Å². The second-order valence-electron chi connectivity index (χ2n) is 16.4. The number of benzene rings is 10. The van der Waals surface area contributed by atoms with Gasteiger partial charge in [0.15, 0.2) is 8.07 Å². The molecule has 63 heavy (non-hydrogen) atoms. The topological polar surface area (TPSA) is 9.86 Å². The molecular weight excluding hydrogens is 777 g/mol. The van der Waals surface area contributed by atoms with Crippen molar-refractivity contribution in [2.24, 2.45) is 0 Å². The fourth-order valence-corrected chi connectivity index (χ4v) is 15.1. The minimum absolute atomic E-state index is 1.15. The van der Waals surface area contributed by atoms with Crippen molar-refractivity contribution in [3.63, 3.8) is 0 Å². The smallest absolute Gasteiger partial charge is 0.179 e. The minimum Gasteiger partial charge on any atom is -0.309 e. The van der Waals surface area contributed by atoms with E-state index in [0.29, 0.717) is 0 Å². The Bertz CT molecular complexity index is 3490. The van der Waals surface area contributed by atoms with Gasteiger partial charge in [0.1, 0.15) is 0 Å². The Hall–Kier alpha value is -7.98. The van der Waals surface area contributed by atoms with Crippen LogP contribution in [0.1, 0.15) is 0 Å². The van der Waals surface area contributed by atoms with E-state index < -0.39 is 8.07 Å². The van der Waals surface area contributed by atoms with Crippen molar-refractivity contribution in [3.8, 4) is 33.6 Å². The Labute approximate surface area is 368 Å². The highest BCUT2D eigenvalue weighted by molar-refractivity contribution is 7.19. The first kappa shape index (κ1) is 36.8. The molecule has 0 aliphatic rings. The van der Waals surface area contributed by atoms with Gasteiger partial charge in [-0.25, -0.2) is 0 Å². The standard InChI is InChI=1S/C60H42N2Si/c1-5-20-43(21-6-1)50-28-13-16-33-56(50)62-58-35-18-14-29-52(58)54-32-19-31-51(60(54)62)44-36-41-59-55(42-44)53-30-15-17-34-57(53)61(59)45-37-39-49(40-38-45)63(46-22-7-2-8-23-46,47-24-9-3-10-25-47)48-26-11-4-12-27-48/h1-42H. The molecule has 10 aromatic carbocycles. The average Bonchev–Trinajstić information content (AvgIpc) is 3.88. The lowest BCUT2D eigenvalue weighted by Crippen LogP contribution is -2.74. The largest absolute Gasteiger partial charge is 0.309 e. The number of para-hydroxylation sites is 4. The zero-order chi connectivity index (χ0) is 41.7. The van der Waals surface area contributed by atoms with Crippen molar-refractivity contribution in [2.75, 3.05) is 0 Å². The van der Waals surface area contributed by atoms with Crippen LogP contribution in [0.15, 0.2) is 255 Å². The van der Waals surface area contributed by atoms with Crippen LogP contribution in [0.25, 0.3) is 77.2 Å². The van der Waals surface area contributed by atoms with Gasteiger partial charge in [-0.05, 0) is 74.3 Å². The number of rotatable bonds is 8. The van der Waals surface area contributed by atoms with Gasteiger partial charge in [0, 0.05) is 38.4 Å². The molecule has 12 aromatic rings. The lowest BCUT2D eigenvalue weighted by atomic mass is 9.99. The molecule has 12 rings (SSSR count). The zero-order valence-corrected chi connectivity index (χ0v) is 35.6. The summed E-state index contributed by atoms with van der Waals surface area (Å²) in [6, 6.07) is 94.1. The van der Waals surface area contributed by atoms with Gasteiger partial charge in [-0.1, -0.05) is 212 Å².